The number of para-hydroxylation sites is 1. The van der Waals surface area contributed by atoms with Gasteiger partial charge in [0.25, 0.3) is 0 Å². The predicted molar refractivity (Wildman–Crippen MR) is 93.5 cm³/mol. The number of hydrogen-bond acceptors (Lipinski definition) is 2. The Balaban J connectivity index is 2.12. The van der Waals surface area contributed by atoms with Crippen LogP contribution in [0.1, 0.15) is 57.1 Å². The lowest BCUT2D eigenvalue weighted by molar-refractivity contribution is -0.134. The van der Waals surface area contributed by atoms with Gasteiger partial charge in [0.2, 0.25) is 11.8 Å². The Bertz CT molecular complexity index is 581. The van der Waals surface area contributed by atoms with Gasteiger partial charge in [0, 0.05) is 25.2 Å². The molecule has 1 heterocycles. The Hall–Kier alpha value is -1.84. The van der Waals surface area contributed by atoms with Crippen LogP contribution < -0.4 is 5.32 Å². The van der Waals surface area contributed by atoms with E-state index < -0.39 is 0 Å². The highest BCUT2D eigenvalue weighted by atomic mass is 16.2. The lowest BCUT2D eigenvalue weighted by Gasteiger charge is -2.32. The maximum Gasteiger partial charge on any atom is 0.229 e. The van der Waals surface area contributed by atoms with E-state index in [-0.39, 0.29) is 17.7 Å². The van der Waals surface area contributed by atoms with Crippen molar-refractivity contribution >= 4 is 17.5 Å². The summed E-state index contributed by atoms with van der Waals surface area (Å²) in [4.78, 5) is 26.4. The molecule has 126 valence electrons. The van der Waals surface area contributed by atoms with Crippen LogP contribution >= 0.6 is 0 Å². The first kappa shape index (κ1) is 17.5. The van der Waals surface area contributed by atoms with Gasteiger partial charge in [-0.25, -0.2) is 0 Å². The zero-order valence-corrected chi connectivity index (χ0v) is 14.7. The molecule has 0 aliphatic carbocycles. The van der Waals surface area contributed by atoms with Crippen LogP contribution in [0, 0.1) is 12.8 Å². The van der Waals surface area contributed by atoms with E-state index in [4.69, 9.17) is 0 Å². The van der Waals surface area contributed by atoms with E-state index in [0.717, 1.165) is 36.2 Å². The van der Waals surface area contributed by atoms with Crippen molar-refractivity contribution in [3.05, 3.63) is 29.3 Å². The second-order valence-electron chi connectivity index (χ2n) is 6.72. The van der Waals surface area contributed by atoms with Gasteiger partial charge in [-0.2, -0.15) is 0 Å². The summed E-state index contributed by atoms with van der Waals surface area (Å²) in [6.07, 6.45) is 2.25. The molecule has 4 nitrogen and oxygen atoms in total. The molecule has 1 fully saturated rings. The molecule has 1 N–H and O–H groups in total. The standard InChI is InChI=1S/C19H28N2O2/c1-5-17(22)21-11-7-9-15(12-21)19(23)20-18-14(4)8-6-10-16(18)13(2)3/h6,8,10,13,15H,5,7,9,11-12H2,1-4H3,(H,20,23). The van der Waals surface area contributed by atoms with E-state index in [0.29, 0.717) is 18.9 Å². The second kappa shape index (κ2) is 7.62. The molecule has 1 saturated heterocycles. The van der Waals surface area contributed by atoms with Gasteiger partial charge in [-0.1, -0.05) is 39.0 Å². The summed E-state index contributed by atoms with van der Waals surface area (Å²) in [5.74, 6) is 0.421. The molecule has 0 aromatic heterocycles. The van der Waals surface area contributed by atoms with Crippen molar-refractivity contribution in [2.75, 3.05) is 18.4 Å². The molecule has 0 bridgehead atoms. The normalized spacial score (nSPS) is 18.1. The molecule has 0 spiro atoms. The number of carbonyl (C=O) groups excluding carboxylic acids is 2. The highest BCUT2D eigenvalue weighted by molar-refractivity contribution is 5.94. The summed E-state index contributed by atoms with van der Waals surface area (Å²) in [5, 5.41) is 3.13. The highest BCUT2D eigenvalue weighted by Crippen LogP contribution is 2.28. The first-order chi connectivity index (χ1) is 10.9. The first-order valence-electron chi connectivity index (χ1n) is 8.62. The lowest BCUT2D eigenvalue weighted by atomic mass is 9.95. The summed E-state index contributed by atoms with van der Waals surface area (Å²) in [5.41, 5.74) is 3.18. The molecule has 4 heteroatoms. The molecule has 23 heavy (non-hydrogen) atoms. The Morgan fingerprint density at radius 3 is 2.74 bits per heavy atom. The maximum atomic E-state index is 12.7. The minimum absolute atomic E-state index is 0.0369. The molecule has 0 radical (unpaired) electrons. The van der Waals surface area contributed by atoms with Crippen molar-refractivity contribution in [3.8, 4) is 0 Å². The number of amides is 2. The van der Waals surface area contributed by atoms with Gasteiger partial charge < -0.3 is 10.2 Å². The van der Waals surface area contributed by atoms with Crippen molar-refractivity contribution in [2.45, 2.75) is 52.9 Å². The van der Waals surface area contributed by atoms with Gasteiger partial charge >= 0.3 is 0 Å². The van der Waals surface area contributed by atoms with Crippen LogP contribution in [0.15, 0.2) is 18.2 Å². The Morgan fingerprint density at radius 1 is 1.35 bits per heavy atom. The molecule has 1 aliphatic rings. The summed E-state index contributed by atoms with van der Waals surface area (Å²) in [6, 6.07) is 6.12. The van der Waals surface area contributed by atoms with Crippen molar-refractivity contribution in [3.63, 3.8) is 0 Å². The van der Waals surface area contributed by atoms with E-state index in [1.165, 1.54) is 0 Å². The summed E-state index contributed by atoms with van der Waals surface area (Å²) >= 11 is 0. The molecular weight excluding hydrogens is 288 g/mol. The average molecular weight is 316 g/mol. The van der Waals surface area contributed by atoms with Gasteiger partial charge in [-0.15, -0.1) is 0 Å². The third-order valence-electron chi connectivity index (χ3n) is 4.62. The topological polar surface area (TPSA) is 49.4 Å². The van der Waals surface area contributed by atoms with Crippen LogP contribution in [0.5, 0.6) is 0 Å². The van der Waals surface area contributed by atoms with Gasteiger partial charge in [0.1, 0.15) is 0 Å². The lowest BCUT2D eigenvalue weighted by Crippen LogP contribution is -2.43. The van der Waals surface area contributed by atoms with E-state index in [1.54, 1.807) is 0 Å². The number of nitrogens with zero attached hydrogens (tertiary/aromatic N) is 1. The molecular formula is C19H28N2O2. The SMILES string of the molecule is CCC(=O)N1CCCC(C(=O)Nc2c(C)cccc2C(C)C)C1. The fraction of sp³-hybridized carbons (Fsp3) is 0.579. The zero-order chi connectivity index (χ0) is 17.0. The molecule has 2 amide bonds. The number of hydrogen-bond donors (Lipinski definition) is 1. The fourth-order valence-corrected chi connectivity index (χ4v) is 3.21. The molecule has 1 aliphatic heterocycles. The minimum Gasteiger partial charge on any atom is -0.342 e. The van der Waals surface area contributed by atoms with Crippen LogP contribution in [0.3, 0.4) is 0 Å². The van der Waals surface area contributed by atoms with E-state index in [9.17, 15) is 9.59 Å². The van der Waals surface area contributed by atoms with Crippen molar-refractivity contribution in [1.29, 1.82) is 0 Å². The van der Waals surface area contributed by atoms with Gasteiger partial charge in [0.05, 0.1) is 5.92 Å². The van der Waals surface area contributed by atoms with Crippen molar-refractivity contribution < 1.29 is 9.59 Å². The summed E-state index contributed by atoms with van der Waals surface area (Å²) < 4.78 is 0. The number of carbonyl (C=O) groups is 2. The molecule has 1 aromatic rings. The Kier molecular flexibility index (Phi) is 5.80. The molecule has 1 atom stereocenters. The average Bonchev–Trinajstić information content (AvgIpc) is 2.55. The Morgan fingerprint density at radius 2 is 2.09 bits per heavy atom. The van der Waals surface area contributed by atoms with Gasteiger partial charge in [-0.3, -0.25) is 9.59 Å². The van der Waals surface area contributed by atoms with Crippen molar-refractivity contribution in [2.24, 2.45) is 5.92 Å². The number of anilines is 1. The quantitative estimate of drug-likeness (QED) is 0.920. The number of nitrogens with one attached hydrogen (secondary N) is 1. The van der Waals surface area contributed by atoms with Gasteiger partial charge in [-0.05, 0) is 36.8 Å². The monoisotopic (exact) mass is 316 g/mol. The van der Waals surface area contributed by atoms with Crippen LogP contribution in [0.2, 0.25) is 0 Å². The van der Waals surface area contributed by atoms with Crippen molar-refractivity contribution in [1.82, 2.24) is 4.90 Å². The van der Waals surface area contributed by atoms with Crippen LogP contribution in [0.4, 0.5) is 5.69 Å². The van der Waals surface area contributed by atoms with Crippen LogP contribution in [-0.2, 0) is 9.59 Å². The third kappa shape index (κ3) is 4.12. The van der Waals surface area contributed by atoms with E-state index in [2.05, 4.69) is 25.2 Å². The van der Waals surface area contributed by atoms with Crippen LogP contribution in [0.25, 0.3) is 0 Å². The molecule has 0 saturated carbocycles. The largest absolute Gasteiger partial charge is 0.342 e. The van der Waals surface area contributed by atoms with E-state index in [1.807, 2.05) is 30.9 Å². The number of likely N-dealkylation sites (tertiary alicyclic amines) is 1. The highest BCUT2D eigenvalue weighted by Gasteiger charge is 2.28. The Labute approximate surface area is 139 Å². The molecule has 2 rings (SSSR count). The number of piperidine rings is 1. The first-order valence-corrected chi connectivity index (χ1v) is 8.62. The van der Waals surface area contributed by atoms with Gasteiger partial charge in [0.15, 0.2) is 0 Å². The number of rotatable bonds is 4. The van der Waals surface area contributed by atoms with Crippen LogP contribution in [-0.4, -0.2) is 29.8 Å². The molecule has 1 unspecified atom stereocenters. The predicted octanol–water partition coefficient (Wildman–Crippen LogP) is 3.71. The summed E-state index contributed by atoms with van der Waals surface area (Å²) in [7, 11) is 0. The zero-order valence-electron chi connectivity index (χ0n) is 14.7. The summed E-state index contributed by atoms with van der Waals surface area (Å²) in [6.45, 7) is 9.47. The maximum absolute atomic E-state index is 12.7. The minimum atomic E-state index is -0.112. The third-order valence-corrected chi connectivity index (χ3v) is 4.62. The van der Waals surface area contributed by atoms with E-state index >= 15 is 0 Å². The second-order valence-corrected chi connectivity index (χ2v) is 6.72. The smallest absolute Gasteiger partial charge is 0.229 e. The number of benzene rings is 1. The number of aryl methyl sites for hydroxylation is 1. The molecule has 1 aromatic carbocycles. The fourth-order valence-electron chi connectivity index (χ4n) is 3.21.